The van der Waals surface area contributed by atoms with Gasteiger partial charge in [-0.3, -0.25) is 0 Å². The molecule has 0 unspecified atom stereocenters. The zero-order valence-corrected chi connectivity index (χ0v) is 5.13. The first-order valence-corrected chi connectivity index (χ1v) is 3.09. The highest BCUT2D eigenvalue weighted by atomic mass is 16.5. The molecule has 0 aromatic heterocycles. The number of rotatable bonds is 1. The van der Waals surface area contributed by atoms with E-state index in [0.29, 0.717) is 6.10 Å². The second-order valence-corrected chi connectivity index (χ2v) is 2.33. The molecule has 1 fully saturated rings. The average Bonchev–Trinajstić information content (AvgIpc) is 2.14. The monoisotopic (exact) mass is 116 g/mol. The number of ether oxygens (including phenoxy) is 1. The molecule has 0 aliphatic carbocycles. The summed E-state index contributed by atoms with van der Waals surface area (Å²) >= 11 is 0. The van der Waals surface area contributed by atoms with Gasteiger partial charge < -0.3 is 9.84 Å². The summed E-state index contributed by atoms with van der Waals surface area (Å²) in [5.41, 5.74) is 0. The van der Waals surface area contributed by atoms with E-state index in [1.807, 2.05) is 6.92 Å². The molecule has 2 heteroatoms. The van der Waals surface area contributed by atoms with E-state index >= 15 is 0 Å². The fourth-order valence-electron chi connectivity index (χ4n) is 1.02. The third-order valence-electron chi connectivity index (χ3n) is 1.52. The Balaban J connectivity index is 2.22. The predicted octanol–water partition coefficient (Wildman–Crippen LogP) is 0.546. The fourth-order valence-corrected chi connectivity index (χ4v) is 1.02. The normalized spacial score (nSPS) is 38.2. The molecule has 0 amide bonds. The minimum absolute atomic E-state index is 0.130. The van der Waals surface area contributed by atoms with E-state index in [2.05, 4.69) is 0 Å². The lowest BCUT2D eigenvalue weighted by Gasteiger charge is -2.05. The van der Waals surface area contributed by atoms with Gasteiger partial charge in [0, 0.05) is 0 Å². The van der Waals surface area contributed by atoms with Gasteiger partial charge in [-0.1, -0.05) is 0 Å². The van der Waals surface area contributed by atoms with Gasteiger partial charge in [-0.15, -0.1) is 0 Å². The molecule has 0 aromatic rings. The SMILES string of the molecule is C[C@H]1CC[C@@H](CO)O1. The van der Waals surface area contributed by atoms with Gasteiger partial charge in [0.2, 0.25) is 0 Å². The molecular formula is C6H12O2. The van der Waals surface area contributed by atoms with Crippen molar-refractivity contribution in [3.63, 3.8) is 0 Å². The molecule has 2 atom stereocenters. The van der Waals surface area contributed by atoms with E-state index in [0.717, 1.165) is 12.8 Å². The summed E-state index contributed by atoms with van der Waals surface area (Å²) in [5, 5.41) is 8.56. The van der Waals surface area contributed by atoms with Crippen LogP contribution in [-0.4, -0.2) is 23.9 Å². The van der Waals surface area contributed by atoms with Gasteiger partial charge in [0.25, 0.3) is 0 Å². The van der Waals surface area contributed by atoms with Crippen LogP contribution in [0.5, 0.6) is 0 Å². The minimum Gasteiger partial charge on any atom is -0.394 e. The maximum Gasteiger partial charge on any atom is 0.0810 e. The summed E-state index contributed by atoms with van der Waals surface area (Å²) < 4.78 is 5.26. The Morgan fingerprint density at radius 2 is 2.38 bits per heavy atom. The van der Waals surface area contributed by atoms with Crippen LogP contribution in [0.25, 0.3) is 0 Å². The van der Waals surface area contributed by atoms with Crippen LogP contribution < -0.4 is 0 Å². The van der Waals surface area contributed by atoms with Crippen LogP contribution in [0.15, 0.2) is 0 Å². The van der Waals surface area contributed by atoms with Crippen LogP contribution in [0.4, 0.5) is 0 Å². The van der Waals surface area contributed by atoms with Crippen LogP contribution >= 0.6 is 0 Å². The van der Waals surface area contributed by atoms with Crippen molar-refractivity contribution < 1.29 is 9.84 Å². The molecule has 0 saturated carbocycles. The first-order chi connectivity index (χ1) is 3.83. The standard InChI is InChI=1S/C6H12O2/c1-5-2-3-6(4-7)8-5/h5-7H,2-4H2,1H3/t5-,6-/m0/s1. The summed E-state index contributed by atoms with van der Waals surface area (Å²) in [6.45, 7) is 2.22. The summed E-state index contributed by atoms with van der Waals surface area (Å²) in [5.74, 6) is 0. The molecule has 1 heterocycles. The molecule has 1 aliphatic rings. The van der Waals surface area contributed by atoms with Crippen LogP contribution in [-0.2, 0) is 4.74 Å². The third kappa shape index (κ3) is 1.20. The van der Waals surface area contributed by atoms with Gasteiger partial charge in [-0.25, -0.2) is 0 Å². The maximum atomic E-state index is 8.56. The number of hydrogen-bond donors (Lipinski definition) is 1. The highest BCUT2D eigenvalue weighted by molar-refractivity contribution is 4.68. The highest BCUT2D eigenvalue weighted by Crippen LogP contribution is 2.17. The quantitative estimate of drug-likeness (QED) is 0.542. The Morgan fingerprint density at radius 1 is 1.62 bits per heavy atom. The Morgan fingerprint density at radius 3 is 2.62 bits per heavy atom. The van der Waals surface area contributed by atoms with Crippen molar-refractivity contribution in [2.45, 2.75) is 32.0 Å². The Hall–Kier alpha value is -0.0800. The van der Waals surface area contributed by atoms with Crippen molar-refractivity contribution in [2.24, 2.45) is 0 Å². The van der Waals surface area contributed by atoms with Crippen molar-refractivity contribution in [3.05, 3.63) is 0 Å². The van der Waals surface area contributed by atoms with E-state index < -0.39 is 0 Å². The first kappa shape index (κ1) is 6.05. The Kier molecular flexibility index (Phi) is 1.86. The number of aliphatic hydroxyl groups is 1. The van der Waals surface area contributed by atoms with Crippen molar-refractivity contribution >= 4 is 0 Å². The minimum atomic E-state index is 0.130. The molecule has 48 valence electrons. The highest BCUT2D eigenvalue weighted by Gasteiger charge is 2.19. The van der Waals surface area contributed by atoms with Gasteiger partial charge in [-0.2, -0.15) is 0 Å². The number of aliphatic hydroxyl groups excluding tert-OH is 1. The van der Waals surface area contributed by atoms with Crippen molar-refractivity contribution in [3.8, 4) is 0 Å². The van der Waals surface area contributed by atoms with Crippen molar-refractivity contribution in [2.75, 3.05) is 6.61 Å². The molecule has 0 spiro atoms. The van der Waals surface area contributed by atoms with E-state index in [1.165, 1.54) is 0 Å². The van der Waals surface area contributed by atoms with E-state index in [1.54, 1.807) is 0 Å². The largest absolute Gasteiger partial charge is 0.394 e. The molecule has 1 aliphatic heterocycles. The molecule has 0 bridgehead atoms. The smallest absolute Gasteiger partial charge is 0.0810 e. The Bertz CT molecular complexity index is 72.9. The van der Waals surface area contributed by atoms with E-state index in [9.17, 15) is 0 Å². The summed E-state index contributed by atoms with van der Waals surface area (Å²) in [4.78, 5) is 0. The lowest BCUT2D eigenvalue weighted by atomic mass is 10.2. The Labute approximate surface area is 49.5 Å². The molecule has 0 aromatic carbocycles. The second kappa shape index (κ2) is 2.46. The van der Waals surface area contributed by atoms with Gasteiger partial charge in [0.1, 0.15) is 0 Å². The lowest BCUT2D eigenvalue weighted by molar-refractivity contribution is 0.0198. The van der Waals surface area contributed by atoms with Gasteiger partial charge in [0.05, 0.1) is 18.8 Å². The summed E-state index contributed by atoms with van der Waals surface area (Å²) in [6.07, 6.45) is 2.63. The van der Waals surface area contributed by atoms with Crippen LogP contribution in [0.2, 0.25) is 0 Å². The van der Waals surface area contributed by atoms with Crippen LogP contribution in [0, 0.1) is 0 Å². The third-order valence-corrected chi connectivity index (χ3v) is 1.52. The van der Waals surface area contributed by atoms with E-state index in [-0.39, 0.29) is 12.7 Å². The lowest BCUT2D eigenvalue weighted by Crippen LogP contribution is -2.11. The molecule has 1 saturated heterocycles. The summed E-state index contributed by atoms with van der Waals surface area (Å²) in [7, 11) is 0. The maximum absolute atomic E-state index is 8.56. The molecule has 8 heavy (non-hydrogen) atoms. The predicted molar refractivity (Wildman–Crippen MR) is 30.7 cm³/mol. The first-order valence-electron chi connectivity index (χ1n) is 3.09. The summed E-state index contributed by atoms with van der Waals surface area (Å²) in [6, 6.07) is 0. The number of hydrogen-bond acceptors (Lipinski definition) is 2. The van der Waals surface area contributed by atoms with Crippen LogP contribution in [0.3, 0.4) is 0 Å². The van der Waals surface area contributed by atoms with Gasteiger partial charge in [-0.05, 0) is 19.8 Å². The zero-order chi connectivity index (χ0) is 5.98. The molecule has 1 N–H and O–H groups in total. The fraction of sp³-hybridized carbons (Fsp3) is 1.00. The van der Waals surface area contributed by atoms with Crippen LogP contribution in [0.1, 0.15) is 19.8 Å². The van der Waals surface area contributed by atoms with Gasteiger partial charge >= 0.3 is 0 Å². The molecular weight excluding hydrogens is 104 g/mol. The molecule has 2 nitrogen and oxygen atoms in total. The van der Waals surface area contributed by atoms with Crippen molar-refractivity contribution in [1.82, 2.24) is 0 Å². The van der Waals surface area contributed by atoms with E-state index in [4.69, 9.17) is 9.84 Å². The zero-order valence-electron chi connectivity index (χ0n) is 5.13. The average molecular weight is 116 g/mol. The molecule has 1 rings (SSSR count). The molecule has 0 radical (unpaired) electrons. The van der Waals surface area contributed by atoms with Gasteiger partial charge in [0.15, 0.2) is 0 Å². The van der Waals surface area contributed by atoms with Crippen molar-refractivity contribution in [1.29, 1.82) is 0 Å². The topological polar surface area (TPSA) is 29.5 Å². The second-order valence-electron chi connectivity index (χ2n) is 2.33.